The zero-order chi connectivity index (χ0) is 25.7. The quantitative estimate of drug-likeness (QED) is 0.415. The van der Waals surface area contributed by atoms with Gasteiger partial charge in [-0.3, -0.25) is 4.90 Å². The van der Waals surface area contributed by atoms with E-state index in [0.717, 1.165) is 16.9 Å². The van der Waals surface area contributed by atoms with Crippen molar-refractivity contribution < 1.29 is 22.3 Å². The van der Waals surface area contributed by atoms with Crippen LogP contribution >= 0.6 is 0 Å². The minimum Gasteiger partial charge on any atom is -0.497 e. The fourth-order valence-corrected chi connectivity index (χ4v) is 5.88. The topological polar surface area (TPSA) is 59.1 Å². The van der Waals surface area contributed by atoms with Crippen LogP contribution in [0.3, 0.4) is 0 Å². The Hall–Kier alpha value is -2.78. The number of aryl methyl sites for hydroxylation is 2. The van der Waals surface area contributed by atoms with Gasteiger partial charge >= 0.3 is 0 Å². The number of rotatable bonds is 9. The van der Waals surface area contributed by atoms with E-state index in [4.69, 9.17) is 9.47 Å². The minimum atomic E-state index is -3.89. The molecule has 8 heteroatoms. The minimum absolute atomic E-state index is 0.223. The highest BCUT2D eigenvalue weighted by Gasteiger charge is 2.31. The number of piperazine rings is 1. The summed E-state index contributed by atoms with van der Waals surface area (Å²) in [5.41, 5.74) is 3.99. The molecular weight excluding hydrogens is 479 g/mol. The smallest absolute Gasteiger partial charge is 0.246 e. The van der Waals surface area contributed by atoms with Gasteiger partial charge < -0.3 is 9.47 Å². The number of sulfonamides is 1. The SMILES string of the molecule is COc1cccc(C(CN2CCN(S(=O)(=O)c3cc(C)ccc3F)CC2)OCc2ccc(C)cc2)c1. The van der Waals surface area contributed by atoms with E-state index in [1.54, 1.807) is 20.1 Å². The summed E-state index contributed by atoms with van der Waals surface area (Å²) in [4.78, 5) is 1.93. The van der Waals surface area contributed by atoms with Gasteiger partial charge in [0, 0.05) is 32.7 Å². The molecule has 4 rings (SSSR count). The van der Waals surface area contributed by atoms with Crippen LogP contribution in [-0.2, 0) is 21.4 Å². The Morgan fingerprint density at radius 2 is 1.61 bits per heavy atom. The Kier molecular flexibility index (Phi) is 8.41. The van der Waals surface area contributed by atoms with E-state index in [9.17, 15) is 12.8 Å². The maximum absolute atomic E-state index is 14.3. The van der Waals surface area contributed by atoms with E-state index in [-0.39, 0.29) is 11.0 Å². The van der Waals surface area contributed by atoms with Gasteiger partial charge in [-0.1, -0.05) is 48.0 Å². The highest BCUT2D eigenvalue weighted by atomic mass is 32.2. The van der Waals surface area contributed by atoms with E-state index >= 15 is 0 Å². The molecule has 3 aromatic carbocycles. The van der Waals surface area contributed by atoms with Crippen LogP contribution in [-0.4, -0.2) is 57.5 Å². The van der Waals surface area contributed by atoms with Crippen molar-refractivity contribution in [3.63, 3.8) is 0 Å². The van der Waals surface area contributed by atoms with Crippen LogP contribution in [0.2, 0.25) is 0 Å². The van der Waals surface area contributed by atoms with Gasteiger partial charge in [0.05, 0.1) is 19.8 Å². The molecule has 0 N–H and O–H groups in total. The third-order valence-electron chi connectivity index (χ3n) is 6.50. The van der Waals surface area contributed by atoms with Crippen molar-refractivity contribution in [3.05, 3.63) is 94.8 Å². The van der Waals surface area contributed by atoms with Crippen LogP contribution in [0.1, 0.15) is 28.4 Å². The van der Waals surface area contributed by atoms with Gasteiger partial charge in [0.25, 0.3) is 0 Å². The van der Waals surface area contributed by atoms with Gasteiger partial charge in [0.1, 0.15) is 16.5 Å². The Balaban J connectivity index is 1.45. The second kappa shape index (κ2) is 11.5. The molecule has 36 heavy (non-hydrogen) atoms. The molecular formula is C28H33FN2O4S. The monoisotopic (exact) mass is 512 g/mol. The molecule has 0 spiro atoms. The molecule has 1 unspecified atom stereocenters. The van der Waals surface area contributed by atoms with E-state index in [1.807, 2.05) is 24.3 Å². The van der Waals surface area contributed by atoms with Gasteiger partial charge in [0.2, 0.25) is 10.0 Å². The molecule has 6 nitrogen and oxygen atoms in total. The van der Waals surface area contributed by atoms with Crippen molar-refractivity contribution >= 4 is 10.0 Å². The summed E-state index contributed by atoms with van der Waals surface area (Å²) >= 11 is 0. The largest absolute Gasteiger partial charge is 0.497 e. The van der Waals surface area contributed by atoms with E-state index in [1.165, 1.54) is 22.0 Å². The molecule has 192 valence electrons. The second-order valence-corrected chi connectivity index (χ2v) is 11.1. The first-order chi connectivity index (χ1) is 17.3. The van der Waals surface area contributed by atoms with Crippen molar-refractivity contribution in [1.29, 1.82) is 0 Å². The molecule has 1 atom stereocenters. The summed E-state index contributed by atoms with van der Waals surface area (Å²) in [5.74, 6) is 0.0400. The van der Waals surface area contributed by atoms with Crippen LogP contribution in [0.15, 0.2) is 71.6 Å². The normalized spacial score (nSPS) is 16.1. The summed E-state index contributed by atoms with van der Waals surface area (Å²) in [7, 11) is -2.26. The number of halogens is 1. The molecule has 1 aliphatic rings. The summed E-state index contributed by atoms with van der Waals surface area (Å²) < 4.78 is 53.7. The Bertz CT molecular complexity index is 1270. The van der Waals surface area contributed by atoms with Crippen LogP contribution in [0.25, 0.3) is 0 Å². The predicted octanol–water partition coefficient (Wildman–Crippen LogP) is 4.72. The summed E-state index contributed by atoms with van der Waals surface area (Å²) in [6.07, 6.45) is -0.223. The number of nitrogens with zero attached hydrogens (tertiary/aromatic N) is 2. The average Bonchev–Trinajstić information content (AvgIpc) is 2.89. The van der Waals surface area contributed by atoms with Crippen molar-refractivity contribution in [1.82, 2.24) is 9.21 Å². The molecule has 0 bridgehead atoms. The van der Waals surface area contributed by atoms with E-state index in [2.05, 4.69) is 36.1 Å². The summed E-state index contributed by atoms with van der Waals surface area (Å²) in [6.45, 7) is 6.51. The number of benzene rings is 3. The average molecular weight is 513 g/mol. The molecule has 0 aliphatic carbocycles. The van der Waals surface area contributed by atoms with Gasteiger partial charge in [0.15, 0.2) is 0 Å². The molecule has 0 aromatic heterocycles. The number of methoxy groups -OCH3 is 1. The van der Waals surface area contributed by atoms with Crippen LogP contribution in [0, 0.1) is 19.7 Å². The number of hydrogen-bond acceptors (Lipinski definition) is 5. The Morgan fingerprint density at radius 1 is 0.917 bits per heavy atom. The van der Waals surface area contributed by atoms with Crippen molar-refractivity contribution in [2.75, 3.05) is 39.8 Å². The maximum Gasteiger partial charge on any atom is 0.246 e. The van der Waals surface area contributed by atoms with Gasteiger partial charge in [-0.2, -0.15) is 4.31 Å². The first-order valence-corrected chi connectivity index (χ1v) is 13.5. The Labute approximate surface area is 213 Å². The van der Waals surface area contributed by atoms with Crippen molar-refractivity contribution in [3.8, 4) is 5.75 Å². The first-order valence-electron chi connectivity index (χ1n) is 12.1. The number of ether oxygens (including phenoxy) is 2. The zero-order valence-corrected chi connectivity index (χ0v) is 21.8. The molecule has 0 amide bonds. The zero-order valence-electron chi connectivity index (χ0n) is 21.0. The third kappa shape index (κ3) is 6.31. The van der Waals surface area contributed by atoms with Crippen LogP contribution < -0.4 is 4.74 Å². The standard InChI is InChI=1S/C28H33FN2O4S/c1-21-7-10-23(11-8-21)20-35-27(24-5-4-6-25(18-24)34-3)19-30-13-15-31(16-14-30)36(32,33)28-17-22(2)9-12-26(28)29/h4-12,17-18,27H,13-16,19-20H2,1-3H3. The van der Waals surface area contributed by atoms with Gasteiger partial charge in [-0.05, 0) is 54.8 Å². The van der Waals surface area contributed by atoms with Gasteiger partial charge in [-0.25, -0.2) is 12.8 Å². The lowest BCUT2D eigenvalue weighted by molar-refractivity contribution is 0.00762. The van der Waals surface area contributed by atoms with Crippen LogP contribution in [0.4, 0.5) is 4.39 Å². The number of hydrogen-bond donors (Lipinski definition) is 0. The molecule has 0 saturated carbocycles. The highest BCUT2D eigenvalue weighted by molar-refractivity contribution is 7.89. The Morgan fingerprint density at radius 3 is 2.31 bits per heavy atom. The van der Waals surface area contributed by atoms with Crippen molar-refractivity contribution in [2.24, 2.45) is 0 Å². The fourth-order valence-electron chi connectivity index (χ4n) is 4.31. The van der Waals surface area contributed by atoms with E-state index in [0.29, 0.717) is 44.9 Å². The lowest BCUT2D eigenvalue weighted by Gasteiger charge is -2.36. The maximum atomic E-state index is 14.3. The molecule has 3 aromatic rings. The molecule has 1 heterocycles. The molecule has 1 fully saturated rings. The summed E-state index contributed by atoms with van der Waals surface area (Å²) in [5, 5.41) is 0. The van der Waals surface area contributed by atoms with Crippen LogP contribution in [0.5, 0.6) is 5.75 Å². The summed E-state index contributed by atoms with van der Waals surface area (Å²) in [6, 6.07) is 20.3. The van der Waals surface area contributed by atoms with E-state index < -0.39 is 15.8 Å². The molecule has 1 aliphatic heterocycles. The fraction of sp³-hybridized carbons (Fsp3) is 0.357. The second-order valence-electron chi connectivity index (χ2n) is 9.20. The third-order valence-corrected chi connectivity index (χ3v) is 8.41. The first kappa shape index (κ1) is 26.3. The van der Waals surface area contributed by atoms with Crippen molar-refractivity contribution in [2.45, 2.75) is 31.5 Å². The highest BCUT2D eigenvalue weighted by Crippen LogP contribution is 2.26. The lowest BCUT2D eigenvalue weighted by Crippen LogP contribution is -2.49. The van der Waals surface area contributed by atoms with Gasteiger partial charge in [-0.15, -0.1) is 0 Å². The molecule has 0 radical (unpaired) electrons. The lowest BCUT2D eigenvalue weighted by atomic mass is 10.1. The molecule has 1 saturated heterocycles. The predicted molar refractivity (Wildman–Crippen MR) is 138 cm³/mol.